The summed E-state index contributed by atoms with van der Waals surface area (Å²) in [4.78, 5) is 37.8. The molecule has 0 heterocycles. The van der Waals surface area contributed by atoms with Gasteiger partial charge in [-0.25, -0.2) is 0 Å². The fraction of sp³-hybridized carbons (Fsp3) is 0.940. The first-order chi connectivity index (χ1) is 27.3. The van der Waals surface area contributed by atoms with Crippen molar-refractivity contribution in [1.82, 2.24) is 0 Å². The number of esters is 3. The van der Waals surface area contributed by atoms with E-state index < -0.39 is 6.10 Å². The lowest BCUT2D eigenvalue weighted by molar-refractivity contribution is -0.167. The zero-order valence-electron chi connectivity index (χ0n) is 38.3. The van der Waals surface area contributed by atoms with Crippen molar-refractivity contribution in [1.29, 1.82) is 0 Å². The quantitative estimate of drug-likeness (QED) is 0.0347. The van der Waals surface area contributed by atoms with Gasteiger partial charge in [0.1, 0.15) is 13.2 Å². The lowest BCUT2D eigenvalue weighted by Crippen LogP contribution is -2.30. The Morgan fingerprint density at radius 3 is 0.929 bits per heavy atom. The molecule has 332 valence electrons. The zero-order chi connectivity index (χ0) is 41.2. The van der Waals surface area contributed by atoms with Gasteiger partial charge in [0, 0.05) is 19.3 Å². The first-order valence-electron chi connectivity index (χ1n) is 24.8. The second kappa shape index (κ2) is 43.0. The maximum absolute atomic E-state index is 12.8. The van der Waals surface area contributed by atoms with Crippen molar-refractivity contribution >= 4 is 17.9 Å². The van der Waals surface area contributed by atoms with Crippen LogP contribution in [0, 0.1) is 11.8 Å². The molecular weight excluding hydrogens is 697 g/mol. The topological polar surface area (TPSA) is 78.9 Å². The van der Waals surface area contributed by atoms with Crippen molar-refractivity contribution < 1.29 is 28.6 Å². The standard InChI is InChI=1S/C50H96O6/c1-6-9-10-11-12-13-21-24-30-35-40-48(51)54-43-47(44-55-49(52)41-36-31-27-26-29-34-39-46(5)8-3)56-50(53)42-37-32-25-22-19-17-15-14-16-18-20-23-28-33-38-45(4)7-2/h45-47H,6-44H2,1-5H3/t45?,46?,47-/m1/s1. The molecule has 2 unspecified atom stereocenters. The van der Waals surface area contributed by atoms with Gasteiger partial charge in [-0.1, -0.05) is 234 Å². The maximum Gasteiger partial charge on any atom is 0.306 e. The Kier molecular flexibility index (Phi) is 41.8. The molecule has 0 aliphatic rings. The summed E-state index contributed by atoms with van der Waals surface area (Å²) in [5.41, 5.74) is 0. The minimum atomic E-state index is -0.761. The Morgan fingerprint density at radius 1 is 0.357 bits per heavy atom. The molecule has 0 fully saturated rings. The molecule has 0 saturated heterocycles. The van der Waals surface area contributed by atoms with Crippen LogP contribution in [0.25, 0.3) is 0 Å². The summed E-state index contributed by atoms with van der Waals surface area (Å²) in [6.07, 6.45) is 42.3. The van der Waals surface area contributed by atoms with Gasteiger partial charge in [0.15, 0.2) is 6.10 Å². The molecule has 0 N–H and O–H groups in total. The molecule has 6 heteroatoms. The molecule has 0 rings (SSSR count). The predicted molar refractivity (Wildman–Crippen MR) is 238 cm³/mol. The molecular formula is C50H96O6. The van der Waals surface area contributed by atoms with Crippen LogP contribution >= 0.6 is 0 Å². The predicted octanol–water partition coefficient (Wildman–Crippen LogP) is 15.8. The summed E-state index contributed by atoms with van der Waals surface area (Å²) in [6, 6.07) is 0. The van der Waals surface area contributed by atoms with Crippen LogP contribution < -0.4 is 0 Å². The average Bonchev–Trinajstić information content (AvgIpc) is 3.19. The van der Waals surface area contributed by atoms with E-state index in [1.807, 2.05) is 0 Å². The fourth-order valence-corrected chi connectivity index (χ4v) is 7.39. The second-order valence-corrected chi connectivity index (χ2v) is 17.6. The van der Waals surface area contributed by atoms with Gasteiger partial charge in [0.05, 0.1) is 0 Å². The van der Waals surface area contributed by atoms with E-state index in [0.717, 1.165) is 69.6 Å². The largest absolute Gasteiger partial charge is 0.462 e. The zero-order valence-corrected chi connectivity index (χ0v) is 38.3. The molecule has 0 aromatic heterocycles. The molecule has 3 atom stereocenters. The molecule has 56 heavy (non-hydrogen) atoms. The van der Waals surface area contributed by atoms with Crippen molar-refractivity contribution in [2.24, 2.45) is 11.8 Å². The highest BCUT2D eigenvalue weighted by molar-refractivity contribution is 5.71. The van der Waals surface area contributed by atoms with E-state index in [0.29, 0.717) is 19.3 Å². The maximum atomic E-state index is 12.8. The Bertz CT molecular complexity index is 858. The molecule has 0 amide bonds. The van der Waals surface area contributed by atoms with Crippen molar-refractivity contribution in [3.05, 3.63) is 0 Å². The molecule has 0 aromatic carbocycles. The minimum Gasteiger partial charge on any atom is -0.462 e. The van der Waals surface area contributed by atoms with Crippen molar-refractivity contribution in [2.75, 3.05) is 13.2 Å². The van der Waals surface area contributed by atoms with E-state index in [1.165, 1.54) is 161 Å². The van der Waals surface area contributed by atoms with Gasteiger partial charge < -0.3 is 14.2 Å². The summed E-state index contributed by atoms with van der Waals surface area (Å²) in [7, 11) is 0. The summed E-state index contributed by atoms with van der Waals surface area (Å²) in [5.74, 6) is 0.853. The number of carbonyl (C=O) groups is 3. The van der Waals surface area contributed by atoms with Crippen molar-refractivity contribution in [3.8, 4) is 0 Å². The highest BCUT2D eigenvalue weighted by Gasteiger charge is 2.19. The van der Waals surface area contributed by atoms with Gasteiger partial charge in [-0.2, -0.15) is 0 Å². The fourth-order valence-electron chi connectivity index (χ4n) is 7.39. The Hall–Kier alpha value is -1.59. The van der Waals surface area contributed by atoms with Gasteiger partial charge in [-0.3, -0.25) is 14.4 Å². The van der Waals surface area contributed by atoms with Crippen LogP contribution in [0.1, 0.15) is 272 Å². The highest BCUT2D eigenvalue weighted by atomic mass is 16.6. The smallest absolute Gasteiger partial charge is 0.306 e. The van der Waals surface area contributed by atoms with E-state index in [-0.39, 0.29) is 31.1 Å². The highest BCUT2D eigenvalue weighted by Crippen LogP contribution is 2.18. The number of ether oxygens (including phenoxy) is 3. The first-order valence-corrected chi connectivity index (χ1v) is 24.8. The van der Waals surface area contributed by atoms with E-state index >= 15 is 0 Å². The summed E-state index contributed by atoms with van der Waals surface area (Å²) in [6.45, 7) is 11.4. The van der Waals surface area contributed by atoms with Crippen molar-refractivity contribution in [2.45, 2.75) is 278 Å². The van der Waals surface area contributed by atoms with Crippen LogP contribution in [0.15, 0.2) is 0 Å². The van der Waals surface area contributed by atoms with E-state index in [2.05, 4.69) is 34.6 Å². The van der Waals surface area contributed by atoms with Gasteiger partial charge in [0.2, 0.25) is 0 Å². The molecule has 0 aliphatic carbocycles. The molecule has 0 aliphatic heterocycles. The van der Waals surface area contributed by atoms with Gasteiger partial charge in [-0.05, 0) is 31.1 Å². The molecule has 0 saturated carbocycles. The Morgan fingerprint density at radius 2 is 0.625 bits per heavy atom. The number of hydrogen-bond acceptors (Lipinski definition) is 6. The number of unbranched alkanes of at least 4 members (excludes halogenated alkanes) is 27. The van der Waals surface area contributed by atoms with Crippen LogP contribution in [0.2, 0.25) is 0 Å². The van der Waals surface area contributed by atoms with Crippen LogP contribution in [-0.4, -0.2) is 37.2 Å². The van der Waals surface area contributed by atoms with E-state index in [9.17, 15) is 14.4 Å². The molecule has 0 spiro atoms. The number of hydrogen-bond donors (Lipinski definition) is 0. The normalized spacial score (nSPS) is 13.0. The monoisotopic (exact) mass is 793 g/mol. The summed E-state index contributed by atoms with van der Waals surface area (Å²) < 4.78 is 16.7. The van der Waals surface area contributed by atoms with Crippen LogP contribution in [0.5, 0.6) is 0 Å². The van der Waals surface area contributed by atoms with Crippen LogP contribution in [-0.2, 0) is 28.6 Å². The van der Waals surface area contributed by atoms with E-state index in [4.69, 9.17) is 14.2 Å². The first kappa shape index (κ1) is 54.4. The third kappa shape index (κ3) is 40.6. The van der Waals surface area contributed by atoms with Gasteiger partial charge in [0.25, 0.3) is 0 Å². The van der Waals surface area contributed by atoms with Gasteiger partial charge in [-0.15, -0.1) is 0 Å². The molecule has 0 aromatic rings. The molecule has 0 bridgehead atoms. The number of carbonyl (C=O) groups excluding carboxylic acids is 3. The third-order valence-corrected chi connectivity index (χ3v) is 11.9. The lowest BCUT2D eigenvalue weighted by Gasteiger charge is -2.18. The number of rotatable bonds is 44. The molecule has 0 radical (unpaired) electrons. The Labute approximate surface area is 348 Å². The molecule has 6 nitrogen and oxygen atoms in total. The van der Waals surface area contributed by atoms with Gasteiger partial charge >= 0.3 is 17.9 Å². The summed E-state index contributed by atoms with van der Waals surface area (Å²) in [5, 5.41) is 0. The van der Waals surface area contributed by atoms with E-state index in [1.54, 1.807) is 0 Å². The van der Waals surface area contributed by atoms with Crippen LogP contribution in [0.3, 0.4) is 0 Å². The minimum absolute atomic E-state index is 0.0648. The third-order valence-electron chi connectivity index (χ3n) is 11.9. The van der Waals surface area contributed by atoms with Crippen LogP contribution in [0.4, 0.5) is 0 Å². The van der Waals surface area contributed by atoms with Crippen molar-refractivity contribution in [3.63, 3.8) is 0 Å². The summed E-state index contributed by atoms with van der Waals surface area (Å²) >= 11 is 0. The Balaban J connectivity index is 4.27. The average molecular weight is 793 g/mol. The lowest BCUT2D eigenvalue weighted by atomic mass is 9.99. The second-order valence-electron chi connectivity index (χ2n) is 17.6. The SMILES string of the molecule is CCCCCCCCCCCCC(=O)OC[C@H](COC(=O)CCCCCCCCC(C)CC)OC(=O)CCCCCCCCCCCCCCCCC(C)CC.